The maximum absolute atomic E-state index is 12.6. The van der Waals surface area contributed by atoms with Gasteiger partial charge in [0.1, 0.15) is 0 Å². The summed E-state index contributed by atoms with van der Waals surface area (Å²) in [5, 5.41) is 0. The van der Waals surface area contributed by atoms with Crippen LogP contribution in [0.2, 0.25) is 14.8 Å². The number of carbonyl (C=O) groups excluding carboxylic acids is 1. The Hall–Kier alpha value is -1.24. The summed E-state index contributed by atoms with van der Waals surface area (Å²) in [6.07, 6.45) is 0.501. The molecule has 0 spiro atoms. The zero-order valence-electron chi connectivity index (χ0n) is 18.3. The molecular formula is C21H35N3O2Sn. The molecule has 5 nitrogen and oxygen atoms in total. The fourth-order valence-electron chi connectivity index (χ4n) is 3.01. The monoisotopic (exact) mass is 481 g/mol. The van der Waals surface area contributed by atoms with E-state index in [4.69, 9.17) is 9.72 Å². The van der Waals surface area contributed by atoms with Crippen LogP contribution < -0.4 is 3.58 Å². The van der Waals surface area contributed by atoms with E-state index in [1.54, 1.807) is 11.9 Å². The number of aromatic nitrogens is 2. The van der Waals surface area contributed by atoms with Crippen LogP contribution in [-0.4, -0.2) is 52.0 Å². The molecule has 0 radical (unpaired) electrons. The summed E-state index contributed by atoms with van der Waals surface area (Å²) in [4.78, 5) is 29.8. The molecule has 0 aliphatic rings. The van der Waals surface area contributed by atoms with Crippen molar-refractivity contribution >= 4 is 39.1 Å². The molecule has 1 atom stereocenters. The zero-order chi connectivity index (χ0) is 20.6. The van der Waals surface area contributed by atoms with E-state index in [2.05, 4.69) is 51.8 Å². The second kappa shape index (κ2) is 8.01. The first-order chi connectivity index (χ1) is 12.3. The normalized spacial score (nSPS) is 13.9. The van der Waals surface area contributed by atoms with Crippen LogP contribution in [0.3, 0.4) is 0 Å². The van der Waals surface area contributed by atoms with E-state index in [9.17, 15) is 4.79 Å². The number of nitrogens with one attached hydrogen (secondary N) is 1. The summed E-state index contributed by atoms with van der Waals surface area (Å²) in [5.41, 5.74) is 1.49. The van der Waals surface area contributed by atoms with E-state index in [-0.39, 0.29) is 12.1 Å². The minimum atomic E-state index is -2.14. The number of imidazole rings is 1. The molecule has 0 saturated carbocycles. The first-order valence-corrected chi connectivity index (χ1v) is 19.7. The molecule has 0 bridgehead atoms. The Kier molecular flexibility index (Phi) is 6.55. The number of H-pyrrole nitrogens is 1. The van der Waals surface area contributed by atoms with Gasteiger partial charge in [-0.05, 0) is 0 Å². The topological polar surface area (TPSA) is 58.2 Å². The molecule has 2 aromatic rings. The van der Waals surface area contributed by atoms with Crippen LogP contribution in [0, 0.1) is 5.92 Å². The Bertz CT molecular complexity index is 800. The number of rotatable bonds is 5. The summed E-state index contributed by atoms with van der Waals surface area (Å²) >= 11 is -2.14. The van der Waals surface area contributed by atoms with E-state index < -0.39 is 24.0 Å². The van der Waals surface area contributed by atoms with Gasteiger partial charge in [-0.25, -0.2) is 0 Å². The third-order valence-electron chi connectivity index (χ3n) is 4.53. The van der Waals surface area contributed by atoms with Crippen LogP contribution in [0.15, 0.2) is 18.2 Å². The van der Waals surface area contributed by atoms with E-state index in [0.29, 0.717) is 5.92 Å². The molecule has 0 aliphatic carbocycles. The summed E-state index contributed by atoms with van der Waals surface area (Å²) in [6.45, 7) is 9.97. The van der Waals surface area contributed by atoms with Gasteiger partial charge in [0.25, 0.3) is 0 Å². The number of fused-ring (bicyclic) bond motifs is 1. The molecule has 1 amide bonds. The van der Waals surface area contributed by atoms with Crippen LogP contribution in [0.5, 0.6) is 0 Å². The Morgan fingerprint density at radius 2 is 1.89 bits per heavy atom. The summed E-state index contributed by atoms with van der Waals surface area (Å²) in [5.74, 6) is 1.25. The van der Waals surface area contributed by atoms with Crippen molar-refractivity contribution < 1.29 is 9.53 Å². The van der Waals surface area contributed by atoms with Gasteiger partial charge in [0.2, 0.25) is 0 Å². The Morgan fingerprint density at radius 1 is 1.26 bits per heavy atom. The first kappa shape index (κ1) is 22.1. The van der Waals surface area contributed by atoms with Gasteiger partial charge < -0.3 is 0 Å². The van der Waals surface area contributed by atoms with Crippen molar-refractivity contribution in [2.75, 3.05) is 7.05 Å². The zero-order valence-corrected chi connectivity index (χ0v) is 21.2. The predicted octanol–water partition coefficient (Wildman–Crippen LogP) is 5.06. The number of benzene rings is 1. The van der Waals surface area contributed by atoms with Crippen molar-refractivity contribution in [2.24, 2.45) is 5.92 Å². The number of hydrogen-bond acceptors (Lipinski definition) is 3. The molecule has 0 aliphatic heterocycles. The van der Waals surface area contributed by atoms with Gasteiger partial charge in [0, 0.05) is 0 Å². The molecular weight excluding hydrogens is 445 g/mol. The van der Waals surface area contributed by atoms with Gasteiger partial charge in [-0.3, -0.25) is 0 Å². The minimum absolute atomic E-state index is 0.145. The fourth-order valence-corrected chi connectivity index (χ4v) is 6.33. The van der Waals surface area contributed by atoms with Crippen LogP contribution in [0.25, 0.3) is 11.0 Å². The summed E-state index contributed by atoms with van der Waals surface area (Å²) in [7, 11) is 1.80. The van der Waals surface area contributed by atoms with Crippen molar-refractivity contribution in [3.05, 3.63) is 24.0 Å². The molecule has 1 heterocycles. The van der Waals surface area contributed by atoms with Crippen LogP contribution in [0.4, 0.5) is 4.79 Å². The Morgan fingerprint density at radius 3 is 2.41 bits per heavy atom. The molecule has 0 saturated heterocycles. The molecule has 0 fully saturated rings. The third-order valence-corrected chi connectivity index (χ3v) is 10.4. The van der Waals surface area contributed by atoms with E-state index in [1.807, 2.05) is 20.8 Å². The Balaban J connectivity index is 2.39. The van der Waals surface area contributed by atoms with Gasteiger partial charge in [0.15, 0.2) is 0 Å². The Labute approximate surface area is 167 Å². The van der Waals surface area contributed by atoms with Crippen LogP contribution >= 0.6 is 0 Å². The molecule has 0 unspecified atom stereocenters. The van der Waals surface area contributed by atoms with Crippen molar-refractivity contribution in [3.8, 4) is 0 Å². The van der Waals surface area contributed by atoms with E-state index in [1.165, 1.54) is 3.58 Å². The number of amides is 1. The van der Waals surface area contributed by atoms with Crippen molar-refractivity contribution in [2.45, 2.75) is 67.5 Å². The van der Waals surface area contributed by atoms with Crippen molar-refractivity contribution in [1.82, 2.24) is 14.9 Å². The molecule has 6 heteroatoms. The summed E-state index contributed by atoms with van der Waals surface area (Å²) in [6, 6.07) is 6.43. The van der Waals surface area contributed by atoms with Gasteiger partial charge in [-0.2, -0.15) is 0 Å². The number of carbonyl (C=O) groups is 1. The molecule has 1 aromatic heterocycles. The van der Waals surface area contributed by atoms with Crippen LogP contribution in [-0.2, 0) is 4.74 Å². The summed E-state index contributed by atoms with van der Waals surface area (Å²) < 4.78 is 7.04. The average molecular weight is 480 g/mol. The van der Waals surface area contributed by atoms with E-state index in [0.717, 1.165) is 23.3 Å². The standard InChI is InChI=1S/C18H26N3O2.3CH3.Sn/c1-12(2)11-15(21(6)17(22)23-18(3,4)5)16-19-13-9-7-8-10-14(13)20-16;;;;/h7,9-10,12,15H,11H2,1-6H3,(H,19,20);3*1H3;/t15-;;;;/m1..../s1. The quantitative estimate of drug-likeness (QED) is 0.609. The first-order valence-electron chi connectivity index (χ1n) is 9.74. The maximum atomic E-state index is 12.6. The van der Waals surface area contributed by atoms with Crippen molar-refractivity contribution in [3.63, 3.8) is 0 Å². The fraction of sp³-hybridized carbons (Fsp3) is 0.619. The number of nitrogens with zero attached hydrogens (tertiary/aromatic N) is 2. The van der Waals surface area contributed by atoms with Gasteiger partial charge >= 0.3 is 168 Å². The van der Waals surface area contributed by atoms with Gasteiger partial charge in [-0.1, -0.05) is 0 Å². The second-order valence-corrected chi connectivity index (χ2v) is 24.3. The van der Waals surface area contributed by atoms with Gasteiger partial charge in [-0.15, -0.1) is 0 Å². The number of hydrogen-bond donors (Lipinski definition) is 1. The SMILES string of the molecule is CC(C)C[C@H](c1nc2cc[c]([Sn]([CH3])([CH3])[CH3])cc2[nH]1)N(C)C(=O)OC(C)(C)C. The van der Waals surface area contributed by atoms with Gasteiger partial charge in [0.05, 0.1) is 0 Å². The van der Waals surface area contributed by atoms with Crippen molar-refractivity contribution in [1.29, 1.82) is 0 Å². The molecule has 1 aromatic carbocycles. The third kappa shape index (κ3) is 5.87. The molecule has 1 N–H and O–H groups in total. The molecule has 2 rings (SSSR count). The molecule has 150 valence electrons. The average Bonchev–Trinajstić information content (AvgIpc) is 2.91. The van der Waals surface area contributed by atoms with E-state index >= 15 is 0 Å². The number of aromatic amines is 1. The molecule has 27 heavy (non-hydrogen) atoms. The number of ether oxygens (including phenoxy) is 1. The predicted molar refractivity (Wildman–Crippen MR) is 115 cm³/mol. The van der Waals surface area contributed by atoms with Crippen LogP contribution in [0.1, 0.15) is 52.9 Å². The second-order valence-electron chi connectivity index (χ2n) is 9.84.